The lowest BCUT2D eigenvalue weighted by Gasteiger charge is -1.97. The lowest BCUT2D eigenvalue weighted by Crippen LogP contribution is -2.31. The minimum atomic E-state index is -4.00. The summed E-state index contributed by atoms with van der Waals surface area (Å²) in [5.74, 6) is 0.0712. The molecule has 0 aromatic carbocycles. The SMILES string of the molecule is NC(=O)NCCSS(=O)(=O)O. The van der Waals surface area contributed by atoms with Crippen LogP contribution in [0.25, 0.3) is 0 Å². The number of primary amides is 1. The topological polar surface area (TPSA) is 109 Å². The average Bonchev–Trinajstić information content (AvgIpc) is 1.78. The van der Waals surface area contributed by atoms with Crippen LogP contribution < -0.4 is 11.1 Å². The van der Waals surface area contributed by atoms with Crippen LogP contribution in [0.15, 0.2) is 0 Å². The summed E-state index contributed by atoms with van der Waals surface area (Å²) in [6.07, 6.45) is 0. The zero-order valence-electron chi connectivity index (χ0n) is 5.48. The Bertz CT molecular complexity index is 223. The molecule has 11 heavy (non-hydrogen) atoms. The van der Waals surface area contributed by atoms with Crippen molar-refractivity contribution in [3.05, 3.63) is 0 Å². The van der Waals surface area contributed by atoms with Gasteiger partial charge in [0.2, 0.25) is 0 Å². The molecule has 0 atom stereocenters. The van der Waals surface area contributed by atoms with Crippen LogP contribution in [0.4, 0.5) is 4.79 Å². The minimum absolute atomic E-state index is 0.0712. The van der Waals surface area contributed by atoms with Crippen LogP contribution in [-0.2, 0) is 9.15 Å². The normalized spacial score (nSPS) is 11.0. The summed E-state index contributed by atoms with van der Waals surface area (Å²) in [6, 6.07) is -0.721. The molecule has 0 saturated carbocycles. The second-order valence-electron chi connectivity index (χ2n) is 1.54. The summed E-state index contributed by atoms with van der Waals surface area (Å²) in [7, 11) is -3.66. The molecule has 4 N–H and O–H groups in total. The Balaban J connectivity index is 3.37. The Morgan fingerprint density at radius 2 is 2.18 bits per heavy atom. The van der Waals surface area contributed by atoms with E-state index in [4.69, 9.17) is 4.55 Å². The van der Waals surface area contributed by atoms with Gasteiger partial charge in [-0.1, -0.05) is 0 Å². The van der Waals surface area contributed by atoms with Crippen LogP contribution in [0.3, 0.4) is 0 Å². The van der Waals surface area contributed by atoms with E-state index in [0.717, 1.165) is 0 Å². The Morgan fingerprint density at radius 3 is 2.55 bits per heavy atom. The Hall–Kier alpha value is -0.470. The molecule has 0 spiro atoms. The van der Waals surface area contributed by atoms with Gasteiger partial charge in [0.15, 0.2) is 0 Å². The van der Waals surface area contributed by atoms with Crippen molar-refractivity contribution in [3.63, 3.8) is 0 Å². The smallest absolute Gasteiger partial charge is 0.319 e. The van der Waals surface area contributed by atoms with Crippen molar-refractivity contribution in [1.82, 2.24) is 5.32 Å². The maximum absolute atomic E-state index is 10.1. The van der Waals surface area contributed by atoms with E-state index >= 15 is 0 Å². The second kappa shape index (κ2) is 4.42. The molecule has 0 saturated heterocycles. The highest BCUT2D eigenvalue weighted by molar-refractivity contribution is 8.69. The van der Waals surface area contributed by atoms with Gasteiger partial charge < -0.3 is 11.1 Å². The zero-order chi connectivity index (χ0) is 8.91. The molecular weight excluding hydrogens is 192 g/mol. The molecule has 0 bridgehead atoms. The summed E-state index contributed by atoms with van der Waals surface area (Å²) in [5.41, 5.74) is 4.67. The molecule has 0 rings (SSSR count). The molecule has 0 fully saturated rings. The lowest BCUT2D eigenvalue weighted by atomic mass is 10.7. The van der Waals surface area contributed by atoms with Gasteiger partial charge in [-0.05, 0) is 10.8 Å². The predicted molar refractivity (Wildman–Crippen MR) is 41.6 cm³/mol. The summed E-state index contributed by atoms with van der Waals surface area (Å²) in [5, 5.41) is 2.16. The van der Waals surface area contributed by atoms with E-state index in [1.807, 2.05) is 0 Å². The fourth-order valence-corrected chi connectivity index (χ4v) is 1.60. The van der Waals surface area contributed by atoms with Gasteiger partial charge in [0.05, 0.1) is 0 Å². The molecule has 0 aliphatic carbocycles. The third kappa shape index (κ3) is 9.53. The van der Waals surface area contributed by atoms with Gasteiger partial charge >= 0.3 is 15.2 Å². The van der Waals surface area contributed by atoms with E-state index in [1.54, 1.807) is 0 Å². The number of carbonyl (C=O) groups excluding carboxylic acids is 1. The number of urea groups is 1. The van der Waals surface area contributed by atoms with E-state index in [2.05, 4.69) is 11.1 Å². The highest BCUT2D eigenvalue weighted by Crippen LogP contribution is 2.06. The molecule has 0 radical (unpaired) electrons. The molecule has 0 heterocycles. The number of nitrogens with one attached hydrogen (secondary N) is 1. The molecule has 0 aromatic rings. The summed E-state index contributed by atoms with van der Waals surface area (Å²) in [6.45, 7) is 0.111. The van der Waals surface area contributed by atoms with E-state index in [1.165, 1.54) is 0 Å². The number of rotatable bonds is 4. The summed E-state index contributed by atoms with van der Waals surface area (Å²) >= 11 is 0. The van der Waals surface area contributed by atoms with Gasteiger partial charge in [-0.3, -0.25) is 4.55 Å². The van der Waals surface area contributed by atoms with Gasteiger partial charge in [-0.2, -0.15) is 8.42 Å². The predicted octanol–water partition coefficient (Wildman–Crippen LogP) is -0.809. The fourth-order valence-electron chi connectivity index (χ4n) is 0.321. The molecular formula is C3H8N2O4S2. The number of nitrogens with two attached hydrogens (primary N) is 1. The first kappa shape index (κ1) is 10.5. The van der Waals surface area contributed by atoms with Gasteiger partial charge in [0.1, 0.15) is 0 Å². The van der Waals surface area contributed by atoms with Crippen LogP contribution in [-0.4, -0.2) is 31.3 Å². The number of hydrogen-bond donors (Lipinski definition) is 3. The van der Waals surface area contributed by atoms with Gasteiger partial charge in [-0.15, -0.1) is 0 Å². The monoisotopic (exact) mass is 200 g/mol. The van der Waals surface area contributed by atoms with E-state index < -0.39 is 15.2 Å². The highest BCUT2D eigenvalue weighted by Gasteiger charge is 2.03. The quantitative estimate of drug-likeness (QED) is 0.312. The van der Waals surface area contributed by atoms with E-state index in [-0.39, 0.29) is 12.3 Å². The molecule has 0 aromatic heterocycles. The summed E-state index contributed by atoms with van der Waals surface area (Å²) in [4.78, 5) is 10.0. The minimum Gasteiger partial charge on any atom is -0.352 e. The van der Waals surface area contributed by atoms with Crippen molar-refractivity contribution >= 4 is 26.0 Å². The first-order valence-electron chi connectivity index (χ1n) is 2.57. The lowest BCUT2D eigenvalue weighted by molar-refractivity contribution is 0.249. The first-order chi connectivity index (χ1) is 4.92. The number of carbonyl (C=O) groups is 1. The van der Waals surface area contributed by atoms with Crippen molar-refractivity contribution in [2.45, 2.75) is 0 Å². The van der Waals surface area contributed by atoms with Crippen molar-refractivity contribution in [1.29, 1.82) is 0 Å². The molecule has 8 heteroatoms. The van der Waals surface area contributed by atoms with Crippen molar-refractivity contribution in [2.75, 3.05) is 12.3 Å². The Morgan fingerprint density at radius 1 is 1.64 bits per heavy atom. The van der Waals surface area contributed by atoms with Crippen molar-refractivity contribution in [3.8, 4) is 0 Å². The second-order valence-corrected chi connectivity index (χ2v) is 5.01. The number of amides is 2. The van der Waals surface area contributed by atoms with Crippen molar-refractivity contribution < 1.29 is 17.8 Å². The standard InChI is InChI=1S/C3H8N2O4S2/c4-3(6)5-1-2-10-11(7,8)9/h1-2H2,(H3,4,5,6)(H,7,8,9). The van der Waals surface area contributed by atoms with E-state index in [0.29, 0.717) is 10.8 Å². The fraction of sp³-hybridized carbons (Fsp3) is 0.667. The molecule has 0 unspecified atom stereocenters. The maximum Gasteiger partial charge on any atom is 0.319 e. The Kier molecular flexibility index (Phi) is 4.23. The Labute approximate surface area is 67.7 Å². The molecule has 0 aliphatic rings. The first-order valence-corrected chi connectivity index (χ1v) is 5.51. The van der Waals surface area contributed by atoms with Crippen LogP contribution >= 0.6 is 10.8 Å². The van der Waals surface area contributed by atoms with Crippen LogP contribution in [0.2, 0.25) is 0 Å². The van der Waals surface area contributed by atoms with Crippen LogP contribution in [0, 0.1) is 0 Å². The van der Waals surface area contributed by atoms with Gasteiger partial charge in [-0.25, -0.2) is 4.79 Å². The molecule has 66 valence electrons. The maximum atomic E-state index is 10.1. The third-order valence-electron chi connectivity index (χ3n) is 0.634. The third-order valence-corrected chi connectivity index (χ3v) is 2.70. The van der Waals surface area contributed by atoms with Gasteiger partial charge in [0, 0.05) is 12.3 Å². The average molecular weight is 200 g/mol. The zero-order valence-corrected chi connectivity index (χ0v) is 7.11. The number of hydrogen-bond acceptors (Lipinski definition) is 4. The highest BCUT2D eigenvalue weighted by atomic mass is 33.1. The molecule has 6 nitrogen and oxygen atoms in total. The summed E-state index contributed by atoms with van der Waals surface area (Å²) < 4.78 is 28.3. The molecule has 2 amide bonds. The van der Waals surface area contributed by atoms with Crippen LogP contribution in [0.1, 0.15) is 0 Å². The largest absolute Gasteiger partial charge is 0.352 e. The van der Waals surface area contributed by atoms with Crippen molar-refractivity contribution in [2.24, 2.45) is 5.73 Å². The van der Waals surface area contributed by atoms with Gasteiger partial charge in [0.25, 0.3) is 0 Å². The van der Waals surface area contributed by atoms with Crippen LogP contribution in [0.5, 0.6) is 0 Å². The molecule has 0 aliphatic heterocycles. The van der Waals surface area contributed by atoms with E-state index in [9.17, 15) is 13.2 Å².